The van der Waals surface area contributed by atoms with E-state index >= 15 is 0 Å². The third-order valence-electron chi connectivity index (χ3n) is 4.83. The van der Waals surface area contributed by atoms with E-state index in [2.05, 4.69) is 46.5 Å². The summed E-state index contributed by atoms with van der Waals surface area (Å²) in [7, 11) is 4.08. The van der Waals surface area contributed by atoms with Gasteiger partial charge in [-0.3, -0.25) is 4.90 Å². The largest absolute Gasteiger partial charge is 0.334 e. The minimum atomic E-state index is 0.740. The van der Waals surface area contributed by atoms with E-state index < -0.39 is 0 Å². The minimum absolute atomic E-state index is 0.740. The minimum Gasteiger partial charge on any atom is -0.334 e. The molecule has 0 spiro atoms. The SMILES string of the molecule is CCCCN1c2ncccc2N(CCCC)c2c(C#CCN(C)C)ccnc21. The maximum absolute atomic E-state index is 4.78. The number of rotatable bonds is 7. The molecule has 1 aliphatic heterocycles. The van der Waals surface area contributed by atoms with Crippen LogP contribution in [0.3, 0.4) is 0 Å². The van der Waals surface area contributed by atoms with E-state index in [-0.39, 0.29) is 0 Å². The topological polar surface area (TPSA) is 35.5 Å². The summed E-state index contributed by atoms with van der Waals surface area (Å²) in [4.78, 5) is 16.2. The van der Waals surface area contributed by atoms with Crippen molar-refractivity contribution in [2.75, 3.05) is 43.5 Å². The summed E-state index contributed by atoms with van der Waals surface area (Å²) in [5, 5.41) is 0. The number of pyridine rings is 2. The highest BCUT2D eigenvalue weighted by Crippen LogP contribution is 2.47. The highest BCUT2D eigenvalue weighted by atomic mass is 15.3. The van der Waals surface area contributed by atoms with Crippen molar-refractivity contribution in [3.05, 3.63) is 36.2 Å². The van der Waals surface area contributed by atoms with Crippen molar-refractivity contribution in [2.24, 2.45) is 0 Å². The Morgan fingerprint density at radius 3 is 2.36 bits per heavy atom. The Hall–Kier alpha value is -2.58. The maximum atomic E-state index is 4.78. The lowest BCUT2D eigenvalue weighted by molar-refractivity contribution is 0.464. The van der Waals surface area contributed by atoms with Crippen LogP contribution in [0, 0.1) is 11.8 Å². The van der Waals surface area contributed by atoms with Crippen LogP contribution in [-0.4, -0.2) is 48.6 Å². The van der Waals surface area contributed by atoms with E-state index in [1.165, 1.54) is 0 Å². The molecule has 3 rings (SSSR count). The van der Waals surface area contributed by atoms with Crippen LogP contribution in [0.1, 0.15) is 45.1 Å². The van der Waals surface area contributed by atoms with Gasteiger partial charge in [-0.1, -0.05) is 38.5 Å². The van der Waals surface area contributed by atoms with E-state index in [0.717, 1.165) is 73.9 Å². The first-order chi connectivity index (χ1) is 13.7. The second kappa shape index (κ2) is 9.57. The fraction of sp³-hybridized carbons (Fsp3) is 0.478. The van der Waals surface area contributed by atoms with E-state index in [0.29, 0.717) is 0 Å². The average Bonchev–Trinajstić information content (AvgIpc) is 2.70. The molecule has 0 N–H and O–H groups in total. The molecule has 0 aliphatic carbocycles. The Balaban J connectivity index is 2.13. The predicted octanol–water partition coefficient (Wildman–Crippen LogP) is 4.58. The van der Waals surface area contributed by atoms with E-state index in [1.54, 1.807) is 0 Å². The average molecular weight is 378 g/mol. The summed E-state index contributed by atoms with van der Waals surface area (Å²) >= 11 is 0. The van der Waals surface area contributed by atoms with E-state index in [9.17, 15) is 0 Å². The second-order valence-corrected chi connectivity index (χ2v) is 7.43. The second-order valence-electron chi connectivity index (χ2n) is 7.43. The highest BCUT2D eigenvalue weighted by Gasteiger charge is 2.31. The summed E-state index contributed by atoms with van der Waals surface area (Å²) in [6.07, 6.45) is 8.24. The van der Waals surface area contributed by atoms with Gasteiger partial charge in [-0.2, -0.15) is 0 Å². The van der Waals surface area contributed by atoms with Gasteiger partial charge in [0.05, 0.1) is 17.8 Å². The molecular weight excluding hydrogens is 346 g/mol. The molecule has 0 fully saturated rings. The van der Waals surface area contributed by atoms with Gasteiger partial charge in [-0.15, -0.1) is 0 Å². The molecule has 0 bridgehead atoms. The van der Waals surface area contributed by atoms with Crippen LogP contribution >= 0.6 is 0 Å². The zero-order valence-electron chi connectivity index (χ0n) is 17.6. The van der Waals surface area contributed by atoms with Gasteiger partial charge < -0.3 is 9.80 Å². The van der Waals surface area contributed by atoms with E-state index in [1.807, 2.05) is 38.6 Å². The molecule has 0 unspecified atom stereocenters. The van der Waals surface area contributed by atoms with Gasteiger partial charge >= 0.3 is 0 Å². The van der Waals surface area contributed by atoms with Crippen LogP contribution in [0.25, 0.3) is 0 Å². The third kappa shape index (κ3) is 4.28. The quantitative estimate of drug-likeness (QED) is 0.660. The van der Waals surface area contributed by atoms with Gasteiger partial charge in [0.1, 0.15) is 5.69 Å². The summed E-state index contributed by atoms with van der Waals surface area (Å²) in [6, 6.07) is 6.23. The number of aromatic nitrogens is 2. The van der Waals surface area contributed by atoms with Crippen LogP contribution in [0.2, 0.25) is 0 Å². The van der Waals surface area contributed by atoms with Crippen molar-refractivity contribution >= 4 is 23.0 Å². The summed E-state index contributed by atoms with van der Waals surface area (Å²) in [6.45, 7) is 7.04. The molecule has 28 heavy (non-hydrogen) atoms. The molecule has 0 atom stereocenters. The van der Waals surface area contributed by atoms with Gasteiger partial charge in [0.2, 0.25) is 0 Å². The lowest BCUT2D eigenvalue weighted by Crippen LogP contribution is -2.33. The van der Waals surface area contributed by atoms with Crippen LogP contribution in [0.4, 0.5) is 23.0 Å². The summed E-state index contributed by atoms with van der Waals surface area (Å²) < 4.78 is 0. The Labute approximate surface area is 169 Å². The van der Waals surface area contributed by atoms with Crippen molar-refractivity contribution in [3.63, 3.8) is 0 Å². The molecule has 3 heterocycles. The van der Waals surface area contributed by atoms with Gasteiger partial charge in [-0.25, -0.2) is 9.97 Å². The summed E-state index contributed by atoms with van der Waals surface area (Å²) in [5.74, 6) is 8.68. The molecule has 0 amide bonds. The van der Waals surface area contributed by atoms with Gasteiger partial charge in [-0.05, 0) is 45.1 Å². The lowest BCUT2D eigenvalue weighted by Gasteiger charge is -2.39. The molecule has 0 saturated heterocycles. The Bertz CT molecular complexity index is 850. The molecule has 0 aromatic carbocycles. The third-order valence-corrected chi connectivity index (χ3v) is 4.83. The predicted molar refractivity (Wildman–Crippen MR) is 118 cm³/mol. The standard InChI is InChI=1S/C23H31N5/c1-5-7-17-27-20-12-9-14-24-22(20)28(18-8-6-2)23-21(27)19(13-15-25-23)11-10-16-26(3)4/h9,12-15H,5-8,16-18H2,1-4H3. The Morgan fingerprint density at radius 2 is 1.64 bits per heavy atom. The molecule has 148 valence electrons. The maximum Gasteiger partial charge on any atom is 0.159 e. The van der Waals surface area contributed by atoms with Crippen molar-refractivity contribution < 1.29 is 0 Å². The first-order valence-electron chi connectivity index (χ1n) is 10.3. The zero-order valence-corrected chi connectivity index (χ0v) is 17.6. The van der Waals surface area contributed by atoms with Crippen LogP contribution in [0.15, 0.2) is 30.6 Å². The number of anilines is 4. The van der Waals surface area contributed by atoms with Crippen molar-refractivity contribution in [1.82, 2.24) is 14.9 Å². The molecule has 2 aromatic heterocycles. The molecule has 0 saturated carbocycles. The number of hydrogen-bond donors (Lipinski definition) is 0. The van der Waals surface area contributed by atoms with Gasteiger partial charge in [0, 0.05) is 25.5 Å². The van der Waals surface area contributed by atoms with Gasteiger partial charge in [0.15, 0.2) is 11.6 Å². The fourth-order valence-electron chi connectivity index (χ4n) is 3.40. The summed E-state index contributed by atoms with van der Waals surface area (Å²) in [5.41, 5.74) is 3.32. The molecule has 5 nitrogen and oxygen atoms in total. The Morgan fingerprint density at radius 1 is 0.929 bits per heavy atom. The Kier molecular flexibility index (Phi) is 6.89. The fourth-order valence-corrected chi connectivity index (χ4v) is 3.40. The zero-order chi connectivity index (χ0) is 19.9. The number of fused-ring (bicyclic) bond motifs is 2. The van der Waals surface area contributed by atoms with Crippen molar-refractivity contribution in [1.29, 1.82) is 0 Å². The lowest BCUT2D eigenvalue weighted by atomic mass is 10.1. The van der Waals surface area contributed by atoms with Crippen LogP contribution < -0.4 is 9.80 Å². The van der Waals surface area contributed by atoms with Gasteiger partial charge in [0.25, 0.3) is 0 Å². The van der Waals surface area contributed by atoms with Crippen molar-refractivity contribution in [2.45, 2.75) is 39.5 Å². The molecular formula is C23H31N5. The normalized spacial score (nSPS) is 12.5. The highest BCUT2D eigenvalue weighted by molar-refractivity contribution is 5.92. The molecule has 1 aliphatic rings. The first-order valence-corrected chi connectivity index (χ1v) is 10.3. The molecule has 2 aromatic rings. The van der Waals surface area contributed by atoms with Crippen molar-refractivity contribution in [3.8, 4) is 11.8 Å². The van der Waals surface area contributed by atoms with Crippen LogP contribution in [0.5, 0.6) is 0 Å². The van der Waals surface area contributed by atoms with Crippen LogP contribution in [-0.2, 0) is 0 Å². The molecule has 5 heteroatoms. The first kappa shape index (κ1) is 20.2. The number of unbranched alkanes of at least 4 members (excludes halogenated alkanes) is 2. The monoisotopic (exact) mass is 377 g/mol. The van der Waals surface area contributed by atoms with E-state index in [4.69, 9.17) is 9.97 Å². The number of nitrogens with zero attached hydrogens (tertiary/aromatic N) is 5. The smallest absolute Gasteiger partial charge is 0.159 e. The molecule has 0 radical (unpaired) electrons. The number of hydrogen-bond acceptors (Lipinski definition) is 5.